The van der Waals surface area contributed by atoms with Crippen LogP contribution in [-0.2, 0) is 10.3 Å². The third-order valence-electron chi connectivity index (χ3n) is 5.69. The number of carbonyl (C=O) groups excluding carboxylic acids is 1. The van der Waals surface area contributed by atoms with E-state index in [0.717, 1.165) is 0 Å². The summed E-state index contributed by atoms with van der Waals surface area (Å²) in [5, 5.41) is 23.3. The zero-order valence-electron chi connectivity index (χ0n) is 16.9. The molecule has 0 fully saturated rings. The Morgan fingerprint density at radius 2 is 1.50 bits per heavy atom. The summed E-state index contributed by atoms with van der Waals surface area (Å²) in [6, 6.07) is 10.5. The molecule has 0 saturated heterocycles. The van der Waals surface area contributed by atoms with Crippen molar-refractivity contribution in [1.29, 1.82) is 0 Å². The van der Waals surface area contributed by atoms with E-state index in [1.807, 2.05) is 0 Å². The molecule has 0 aliphatic carbocycles. The maximum Gasteiger partial charge on any atom is 0.342 e. The summed E-state index contributed by atoms with van der Waals surface area (Å²) in [5.41, 5.74) is 0.130. The Bertz CT molecular complexity index is 1460. The Morgan fingerprint density at radius 1 is 0.882 bits per heavy atom. The lowest BCUT2D eigenvalue weighted by molar-refractivity contribution is 0.0224. The number of nitrogens with zero attached hydrogens (tertiary/aromatic N) is 3. The molecule has 2 aliphatic rings. The fraction of sp³-hybridized carbons (Fsp3) is 0.0435. The second-order valence-electron chi connectivity index (χ2n) is 7.59. The molecule has 0 saturated carbocycles. The number of fused-ring (bicyclic) bond motifs is 6. The lowest BCUT2D eigenvalue weighted by atomic mass is 9.77. The van der Waals surface area contributed by atoms with E-state index >= 15 is 0 Å². The van der Waals surface area contributed by atoms with E-state index in [-0.39, 0.29) is 50.2 Å². The van der Waals surface area contributed by atoms with Crippen molar-refractivity contribution in [2.24, 2.45) is 0 Å². The monoisotopic (exact) mass is 494 g/mol. The summed E-state index contributed by atoms with van der Waals surface area (Å²) in [4.78, 5) is 25.2. The maximum absolute atomic E-state index is 13.4. The summed E-state index contributed by atoms with van der Waals surface area (Å²) in [5.74, 6) is -0.127. The molecule has 0 atom stereocenters. The van der Waals surface area contributed by atoms with Crippen LogP contribution in [0.5, 0.6) is 23.0 Å². The highest BCUT2D eigenvalue weighted by Gasteiger charge is 2.55. The number of hydrogen-bond donors (Lipinski definition) is 3. The second-order valence-corrected chi connectivity index (χ2v) is 8.38. The molecule has 168 valence electrons. The van der Waals surface area contributed by atoms with Gasteiger partial charge in [0.05, 0.1) is 21.3 Å². The highest BCUT2D eigenvalue weighted by molar-refractivity contribution is 6.44. The van der Waals surface area contributed by atoms with E-state index in [0.29, 0.717) is 16.7 Å². The molecule has 1 spiro atoms. The van der Waals surface area contributed by atoms with Gasteiger partial charge >= 0.3 is 5.97 Å². The second kappa shape index (κ2) is 7.21. The summed E-state index contributed by atoms with van der Waals surface area (Å²) < 4.78 is 12.0. The molecule has 0 bridgehead atoms. The third kappa shape index (κ3) is 2.81. The zero-order valence-corrected chi connectivity index (χ0v) is 18.4. The topological polar surface area (TPSA) is 127 Å². The zero-order chi connectivity index (χ0) is 23.6. The van der Waals surface area contributed by atoms with Gasteiger partial charge in [0.15, 0.2) is 5.60 Å². The molecule has 2 aliphatic heterocycles. The molecule has 3 heterocycles. The number of aromatic nitrogens is 3. The van der Waals surface area contributed by atoms with Crippen LogP contribution in [-0.4, -0.2) is 31.1 Å². The van der Waals surface area contributed by atoms with Crippen LogP contribution in [0.3, 0.4) is 0 Å². The number of halogens is 2. The van der Waals surface area contributed by atoms with Crippen molar-refractivity contribution in [1.82, 2.24) is 15.0 Å². The van der Waals surface area contributed by atoms with Crippen LogP contribution < -0.4 is 10.1 Å². The molecule has 4 aromatic rings. The van der Waals surface area contributed by atoms with Crippen molar-refractivity contribution < 1.29 is 24.5 Å². The molecular weight excluding hydrogens is 483 g/mol. The number of phenols is 2. The summed E-state index contributed by atoms with van der Waals surface area (Å²) >= 11 is 13.0. The van der Waals surface area contributed by atoms with Crippen molar-refractivity contribution in [3.63, 3.8) is 0 Å². The van der Waals surface area contributed by atoms with E-state index in [2.05, 4.69) is 20.3 Å². The van der Waals surface area contributed by atoms with Crippen molar-refractivity contribution in [2.45, 2.75) is 5.60 Å². The van der Waals surface area contributed by atoms with Crippen LogP contribution in [0.2, 0.25) is 10.0 Å². The highest BCUT2D eigenvalue weighted by atomic mass is 35.5. The summed E-state index contributed by atoms with van der Waals surface area (Å²) in [6.07, 6.45) is 2.58. The number of hydrogen-bond acceptors (Lipinski definition) is 9. The number of phenolic OH excluding ortho intramolecular Hbond substituents is 2. The van der Waals surface area contributed by atoms with Crippen LogP contribution in [0.25, 0.3) is 0 Å². The van der Waals surface area contributed by atoms with Crippen molar-refractivity contribution in [3.8, 4) is 23.0 Å². The van der Waals surface area contributed by atoms with Crippen molar-refractivity contribution >= 4 is 40.8 Å². The molecule has 1 aromatic heterocycles. The average molecular weight is 495 g/mol. The van der Waals surface area contributed by atoms with Crippen LogP contribution >= 0.6 is 23.2 Å². The number of benzene rings is 3. The first-order valence-electron chi connectivity index (χ1n) is 9.88. The minimum atomic E-state index is -1.49. The van der Waals surface area contributed by atoms with E-state index in [1.165, 1.54) is 36.9 Å². The van der Waals surface area contributed by atoms with Crippen LogP contribution in [0.15, 0.2) is 55.1 Å². The Labute approximate surface area is 201 Å². The normalized spacial score (nSPS) is 14.6. The third-order valence-corrected chi connectivity index (χ3v) is 6.48. The lowest BCUT2D eigenvalue weighted by Gasteiger charge is -2.36. The van der Waals surface area contributed by atoms with Crippen molar-refractivity contribution in [3.05, 3.63) is 87.4 Å². The van der Waals surface area contributed by atoms with Crippen LogP contribution in [0.1, 0.15) is 27.0 Å². The van der Waals surface area contributed by atoms with E-state index in [9.17, 15) is 15.0 Å². The molecular formula is C23H12Cl2N4O5. The largest absolute Gasteiger partial charge is 0.508 e. The first kappa shape index (κ1) is 20.5. The van der Waals surface area contributed by atoms with Gasteiger partial charge in [0.25, 0.3) is 0 Å². The summed E-state index contributed by atoms with van der Waals surface area (Å²) in [7, 11) is 0. The van der Waals surface area contributed by atoms with Gasteiger partial charge in [-0.25, -0.2) is 19.7 Å². The van der Waals surface area contributed by atoms with Gasteiger partial charge < -0.3 is 25.0 Å². The van der Waals surface area contributed by atoms with Gasteiger partial charge in [-0.2, -0.15) is 0 Å². The van der Waals surface area contributed by atoms with E-state index in [4.69, 9.17) is 32.7 Å². The first-order chi connectivity index (χ1) is 16.4. The van der Waals surface area contributed by atoms with Crippen LogP contribution in [0, 0.1) is 0 Å². The predicted molar refractivity (Wildman–Crippen MR) is 121 cm³/mol. The fourth-order valence-electron chi connectivity index (χ4n) is 4.33. The Kier molecular flexibility index (Phi) is 4.35. The first-order valence-corrected chi connectivity index (χ1v) is 10.6. The fourth-order valence-corrected chi connectivity index (χ4v) is 4.73. The quantitative estimate of drug-likeness (QED) is 0.333. The van der Waals surface area contributed by atoms with Gasteiger partial charge in [0.2, 0.25) is 5.95 Å². The number of nitrogens with one attached hydrogen (secondary N) is 1. The number of esters is 1. The Morgan fingerprint density at radius 3 is 2.12 bits per heavy atom. The Hall–Kier alpha value is -4.08. The van der Waals surface area contributed by atoms with Gasteiger partial charge in [0, 0.05) is 28.8 Å². The lowest BCUT2D eigenvalue weighted by Crippen LogP contribution is -2.33. The predicted octanol–water partition coefficient (Wildman–Crippen LogP) is 4.90. The Balaban J connectivity index is 1.68. The molecule has 34 heavy (non-hydrogen) atoms. The standard InChI is InChI=1S/C23H12Cl2N4O5/c24-15-7-14-18(20(19(15)25)29-22-27-8-26-9-28-22)21(32)34-23(14)12-3-1-10(30)5-16(12)33-17-6-11(31)2-4-13(17)23/h1-9,30-31H,(H,26,27,28,29). The number of aromatic hydroxyl groups is 2. The molecule has 9 nitrogen and oxygen atoms in total. The summed E-state index contributed by atoms with van der Waals surface area (Å²) in [6.45, 7) is 0. The molecule has 0 amide bonds. The minimum Gasteiger partial charge on any atom is -0.508 e. The van der Waals surface area contributed by atoms with Crippen molar-refractivity contribution in [2.75, 3.05) is 5.32 Å². The molecule has 3 aromatic carbocycles. The maximum atomic E-state index is 13.4. The van der Waals surface area contributed by atoms with Crippen LogP contribution in [0.4, 0.5) is 11.6 Å². The van der Waals surface area contributed by atoms with Gasteiger partial charge in [-0.05, 0) is 30.3 Å². The SMILES string of the molecule is O=C1OC2(c3ccc(O)cc3Oc3cc(O)ccc32)c2cc(Cl)c(Cl)c(Nc3ncncn3)c21. The smallest absolute Gasteiger partial charge is 0.342 e. The average Bonchev–Trinajstić information content (AvgIpc) is 3.09. The van der Waals surface area contributed by atoms with Gasteiger partial charge in [-0.3, -0.25) is 0 Å². The molecule has 6 rings (SSSR count). The van der Waals surface area contributed by atoms with E-state index in [1.54, 1.807) is 18.2 Å². The van der Waals surface area contributed by atoms with E-state index < -0.39 is 11.6 Å². The number of anilines is 2. The molecule has 3 N–H and O–H groups in total. The number of carbonyl (C=O) groups is 1. The van der Waals surface area contributed by atoms with Gasteiger partial charge in [0.1, 0.15) is 35.7 Å². The highest BCUT2D eigenvalue weighted by Crippen LogP contribution is 2.59. The minimum absolute atomic E-state index is 0.0478. The molecule has 0 radical (unpaired) electrons. The van der Waals surface area contributed by atoms with Gasteiger partial charge in [-0.1, -0.05) is 23.2 Å². The molecule has 11 heteroatoms. The number of rotatable bonds is 2. The number of ether oxygens (including phenoxy) is 2. The van der Waals surface area contributed by atoms with Gasteiger partial charge in [-0.15, -0.1) is 0 Å². The molecule has 0 unspecified atom stereocenters.